The minimum absolute atomic E-state index is 0.0117. The van der Waals surface area contributed by atoms with Crippen LogP contribution in [0.15, 0.2) is 41.0 Å². The molecule has 3 heterocycles. The fourth-order valence-electron chi connectivity index (χ4n) is 5.85. The molecule has 0 spiro atoms. The summed E-state index contributed by atoms with van der Waals surface area (Å²) in [6.45, 7) is 4.37. The van der Waals surface area contributed by atoms with Crippen molar-refractivity contribution >= 4 is 22.8 Å². The van der Waals surface area contributed by atoms with Gasteiger partial charge in [0.2, 0.25) is 11.8 Å². The van der Waals surface area contributed by atoms with Gasteiger partial charge < -0.3 is 20.0 Å². The Morgan fingerprint density at radius 1 is 1.08 bits per heavy atom. The standard InChI is InChI=1S/C29H37N5O3/c1-18(30-3)28(35)33-27(20-10-5-4-6-11-20)29(36)34-15-9-13-25(34)24-16-23(31-19(2)32-24)22-17-37-26-14-8-7-12-21(22)26/h7-8,12,14,16-18,20,25,27,30H,4-6,9-11,13,15H2,1-3H3,(H,33,35). The normalized spacial score (nSPS) is 20.2. The van der Waals surface area contributed by atoms with Crippen molar-refractivity contribution in [2.75, 3.05) is 13.6 Å². The lowest BCUT2D eigenvalue weighted by Gasteiger charge is -2.35. The minimum Gasteiger partial charge on any atom is -0.464 e. The van der Waals surface area contributed by atoms with Gasteiger partial charge in [0.15, 0.2) is 0 Å². The van der Waals surface area contributed by atoms with Gasteiger partial charge in [0.25, 0.3) is 0 Å². The van der Waals surface area contributed by atoms with Crippen LogP contribution in [-0.2, 0) is 9.59 Å². The molecule has 1 saturated heterocycles. The van der Waals surface area contributed by atoms with Crippen LogP contribution in [0.2, 0.25) is 0 Å². The van der Waals surface area contributed by atoms with Crippen LogP contribution in [0.5, 0.6) is 0 Å². The number of hydrogen-bond acceptors (Lipinski definition) is 6. The Morgan fingerprint density at radius 2 is 1.86 bits per heavy atom. The van der Waals surface area contributed by atoms with Gasteiger partial charge in [-0.2, -0.15) is 0 Å². The molecule has 2 fully saturated rings. The molecule has 3 unspecified atom stereocenters. The van der Waals surface area contributed by atoms with Crippen molar-refractivity contribution in [1.29, 1.82) is 0 Å². The third-order valence-electron chi connectivity index (χ3n) is 8.00. The molecule has 8 heteroatoms. The Kier molecular flexibility index (Phi) is 7.55. The minimum atomic E-state index is -0.510. The molecule has 2 amide bonds. The van der Waals surface area contributed by atoms with Crippen molar-refractivity contribution in [3.8, 4) is 11.3 Å². The zero-order valence-corrected chi connectivity index (χ0v) is 22.0. The van der Waals surface area contributed by atoms with E-state index in [-0.39, 0.29) is 29.8 Å². The van der Waals surface area contributed by atoms with Gasteiger partial charge in [-0.15, -0.1) is 0 Å². The van der Waals surface area contributed by atoms with Gasteiger partial charge in [-0.3, -0.25) is 9.59 Å². The number of nitrogens with one attached hydrogen (secondary N) is 2. The molecule has 1 aromatic carbocycles. The highest BCUT2D eigenvalue weighted by molar-refractivity contribution is 5.93. The van der Waals surface area contributed by atoms with E-state index in [1.807, 2.05) is 49.1 Å². The van der Waals surface area contributed by atoms with E-state index in [0.717, 1.165) is 66.4 Å². The van der Waals surface area contributed by atoms with E-state index in [0.29, 0.717) is 12.4 Å². The molecule has 1 saturated carbocycles. The summed E-state index contributed by atoms with van der Waals surface area (Å²) in [5.41, 5.74) is 3.38. The third-order valence-corrected chi connectivity index (χ3v) is 8.00. The van der Waals surface area contributed by atoms with Crippen LogP contribution >= 0.6 is 0 Å². The molecule has 2 aliphatic rings. The van der Waals surface area contributed by atoms with Crippen LogP contribution in [0.3, 0.4) is 0 Å². The molecule has 0 bridgehead atoms. The Balaban J connectivity index is 1.44. The molecule has 1 aliphatic heterocycles. The molecule has 3 atom stereocenters. The summed E-state index contributed by atoms with van der Waals surface area (Å²) in [7, 11) is 1.76. The molecule has 3 aromatic rings. The zero-order valence-electron chi connectivity index (χ0n) is 22.0. The summed E-state index contributed by atoms with van der Waals surface area (Å²) in [5, 5.41) is 7.11. The summed E-state index contributed by atoms with van der Waals surface area (Å²) in [4.78, 5) is 38.4. The van der Waals surface area contributed by atoms with Crippen molar-refractivity contribution in [2.24, 2.45) is 5.92 Å². The predicted octanol–water partition coefficient (Wildman–Crippen LogP) is 4.53. The second kappa shape index (κ2) is 11.0. The number of rotatable bonds is 7. The summed E-state index contributed by atoms with van der Waals surface area (Å²) in [6, 6.07) is 8.90. The van der Waals surface area contributed by atoms with Crippen molar-refractivity contribution in [2.45, 2.75) is 76.9 Å². The van der Waals surface area contributed by atoms with Gasteiger partial charge in [-0.1, -0.05) is 37.5 Å². The maximum absolute atomic E-state index is 14.1. The largest absolute Gasteiger partial charge is 0.464 e. The number of hydrogen-bond donors (Lipinski definition) is 2. The Bertz CT molecular complexity index is 1270. The molecule has 2 aromatic heterocycles. The highest BCUT2D eigenvalue weighted by Gasteiger charge is 2.39. The molecule has 0 radical (unpaired) electrons. The second-order valence-electron chi connectivity index (χ2n) is 10.5. The van der Waals surface area contributed by atoms with Gasteiger partial charge in [-0.05, 0) is 64.6 Å². The van der Waals surface area contributed by atoms with Gasteiger partial charge in [0, 0.05) is 17.5 Å². The number of fused-ring (bicyclic) bond motifs is 1. The fraction of sp³-hybridized carbons (Fsp3) is 0.517. The summed E-state index contributed by atoms with van der Waals surface area (Å²) in [6.07, 6.45) is 8.81. The summed E-state index contributed by atoms with van der Waals surface area (Å²) < 4.78 is 5.76. The van der Waals surface area contributed by atoms with Gasteiger partial charge in [0.05, 0.1) is 23.5 Å². The molecular weight excluding hydrogens is 466 g/mol. The number of furan rings is 1. The molecule has 196 valence electrons. The Morgan fingerprint density at radius 3 is 2.65 bits per heavy atom. The van der Waals surface area contributed by atoms with Crippen molar-refractivity contribution in [3.63, 3.8) is 0 Å². The first-order valence-corrected chi connectivity index (χ1v) is 13.6. The highest BCUT2D eigenvalue weighted by Crippen LogP contribution is 2.36. The fourth-order valence-corrected chi connectivity index (χ4v) is 5.85. The third kappa shape index (κ3) is 5.25. The molecule has 1 aliphatic carbocycles. The number of para-hydroxylation sites is 1. The SMILES string of the molecule is CNC(C)C(=O)NC(C(=O)N1CCCC1c1cc(-c2coc3ccccc23)nc(C)n1)C1CCCCC1. The summed E-state index contributed by atoms with van der Waals surface area (Å²) in [5.74, 6) is 0.708. The van der Waals surface area contributed by atoms with E-state index in [2.05, 4.69) is 10.6 Å². The number of benzene rings is 1. The molecule has 8 nitrogen and oxygen atoms in total. The number of likely N-dealkylation sites (tertiary alicyclic amines) is 1. The van der Waals surface area contributed by atoms with Gasteiger partial charge >= 0.3 is 0 Å². The van der Waals surface area contributed by atoms with Crippen LogP contribution in [0.4, 0.5) is 0 Å². The Labute approximate surface area is 218 Å². The van der Waals surface area contributed by atoms with E-state index in [1.165, 1.54) is 6.42 Å². The highest BCUT2D eigenvalue weighted by atomic mass is 16.3. The molecule has 5 rings (SSSR count). The average molecular weight is 504 g/mol. The maximum atomic E-state index is 14.1. The number of carbonyl (C=O) groups excluding carboxylic acids is 2. The number of aryl methyl sites for hydroxylation is 1. The van der Waals surface area contributed by atoms with Crippen molar-refractivity contribution < 1.29 is 14.0 Å². The van der Waals surface area contributed by atoms with E-state index >= 15 is 0 Å². The van der Waals surface area contributed by atoms with Crippen LogP contribution in [0.25, 0.3) is 22.2 Å². The van der Waals surface area contributed by atoms with Crippen LogP contribution in [0, 0.1) is 12.8 Å². The van der Waals surface area contributed by atoms with Gasteiger partial charge in [0.1, 0.15) is 23.7 Å². The number of nitrogens with zero attached hydrogens (tertiary/aromatic N) is 3. The Hall–Kier alpha value is -3.26. The van der Waals surface area contributed by atoms with Crippen LogP contribution in [0.1, 0.15) is 69.4 Å². The van der Waals surface area contributed by atoms with Crippen LogP contribution in [-0.4, -0.2) is 52.4 Å². The molecular formula is C29H37N5O3. The molecule has 2 N–H and O–H groups in total. The lowest BCUT2D eigenvalue weighted by atomic mass is 9.83. The number of carbonyl (C=O) groups is 2. The van der Waals surface area contributed by atoms with Crippen LogP contribution < -0.4 is 10.6 Å². The van der Waals surface area contributed by atoms with Gasteiger partial charge in [-0.25, -0.2) is 9.97 Å². The zero-order chi connectivity index (χ0) is 25.9. The lowest BCUT2D eigenvalue weighted by Crippen LogP contribution is -2.55. The second-order valence-corrected chi connectivity index (χ2v) is 10.5. The average Bonchev–Trinajstić information content (AvgIpc) is 3.59. The monoisotopic (exact) mass is 503 g/mol. The van der Waals surface area contributed by atoms with E-state index in [4.69, 9.17) is 14.4 Å². The maximum Gasteiger partial charge on any atom is 0.246 e. The van der Waals surface area contributed by atoms with E-state index in [9.17, 15) is 9.59 Å². The number of amides is 2. The first-order chi connectivity index (χ1) is 18.0. The summed E-state index contributed by atoms with van der Waals surface area (Å²) >= 11 is 0. The topological polar surface area (TPSA) is 100 Å². The quantitative estimate of drug-likeness (QED) is 0.491. The molecule has 37 heavy (non-hydrogen) atoms. The number of likely N-dealkylation sites (N-methyl/N-ethyl adjacent to an activating group) is 1. The number of aromatic nitrogens is 2. The van der Waals surface area contributed by atoms with E-state index < -0.39 is 6.04 Å². The first kappa shape index (κ1) is 25.4. The predicted molar refractivity (Wildman–Crippen MR) is 143 cm³/mol. The first-order valence-electron chi connectivity index (χ1n) is 13.6. The van der Waals surface area contributed by atoms with Crippen molar-refractivity contribution in [1.82, 2.24) is 25.5 Å². The van der Waals surface area contributed by atoms with E-state index in [1.54, 1.807) is 13.3 Å². The smallest absolute Gasteiger partial charge is 0.246 e. The lowest BCUT2D eigenvalue weighted by molar-refractivity contribution is -0.139. The van der Waals surface area contributed by atoms with Crippen molar-refractivity contribution in [3.05, 3.63) is 48.1 Å².